The van der Waals surface area contributed by atoms with E-state index in [0.717, 1.165) is 0 Å². The lowest BCUT2D eigenvalue weighted by molar-refractivity contribution is -0.145. The first-order valence-corrected chi connectivity index (χ1v) is 6.74. The average Bonchev–Trinajstić information content (AvgIpc) is 2.62. The molecule has 0 bridgehead atoms. The van der Waals surface area contributed by atoms with Gasteiger partial charge in [0, 0.05) is 0 Å². The largest absolute Gasteiger partial charge is 0.435 e. The molecule has 1 aromatic carbocycles. The van der Waals surface area contributed by atoms with Crippen LogP contribution in [0.25, 0.3) is 0 Å². The normalized spacial score (nSPS) is 28.0. The summed E-state index contributed by atoms with van der Waals surface area (Å²) in [7, 11) is 0. The van der Waals surface area contributed by atoms with Crippen LogP contribution in [0.4, 0.5) is 4.79 Å². The number of fused-ring (bicyclic) bond motifs is 3. The molecule has 5 heteroatoms. The number of esters is 1. The molecule has 2 aliphatic heterocycles. The molecule has 2 atom stereocenters. The number of amides is 1. The van der Waals surface area contributed by atoms with E-state index in [1.807, 2.05) is 26.0 Å². The molecule has 0 radical (unpaired) electrons. The van der Waals surface area contributed by atoms with Crippen LogP contribution in [-0.4, -0.2) is 22.5 Å². The second kappa shape index (κ2) is 4.23. The molecule has 1 fully saturated rings. The molecule has 2 aliphatic rings. The summed E-state index contributed by atoms with van der Waals surface area (Å²) in [4.78, 5) is 26.0. The third-order valence-corrected chi connectivity index (χ3v) is 3.81. The number of hydrogen-bond acceptors (Lipinski definition) is 4. The van der Waals surface area contributed by atoms with Crippen molar-refractivity contribution >= 4 is 12.1 Å². The number of rotatable bonds is 2. The Labute approximate surface area is 117 Å². The summed E-state index contributed by atoms with van der Waals surface area (Å²) in [5.41, 5.74) is -0.253. The van der Waals surface area contributed by atoms with Crippen LogP contribution >= 0.6 is 0 Å². The minimum Gasteiger partial charge on any atom is -0.435 e. The van der Waals surface area contributed by atoms with Gasteiger partial charge in [0.1, 0.15) is 11.3 Å². The van der Waals surface area contributed by atoms with Crippen molar-refractivity contribution in [2.45, 2.75) is 39.0 Å². The predicted octanol–water partition coefficient (Wildman–Crippen LogP) is 2.86. The van der Waals surface area contributed by atoms with Gasteiger partial charge in [0.25, 0.3) is 0 Å². The molecular weight excluding hydrogens is 258 g/mol. The summed E-state index contributed by atoms with van der Waals surface area (Å²) in [6.07, 6.45) is -0.661. The maximum atomic E-state index is 12.3. The Balaban J connectivity index is 2.06. The van der Waals surface area contributed by atoms with Gasteiger partial charge < -0.3 is 9.47 Å². The van der Waals surface area contributed by atoms with Gasteiger partial charge in [0.05, 0.1) is 5.56 Å². The van der Waals surface area contributed by atoms with E-state index in [9.17, 15) is 9.59 Å². The van der Waals surface area contributed by atoms with Crippen LogP contribution in [0.3, 0.4) is 0 Å². The van der Waals surface area contributed by atoms with Crippen molar-refractivity contribution in [2.24, 2.45) is 5.92 Å². The second-order valence-corrected chi connectivity index (χ2v) is 5.91. The van der Waals surface area contributed by atoms with Crippen LogP contribution in [0.2, 0.25) is 0 Å². The van der Waals surface area contributed by atoms with Crippen LogP contribution in [-0.2, 0) is 9.53 Å². The topological polar surface area (TPSA) is 55.8 Å². The van der Waals surface area contributed by atoms with E-state index < -0.39 is 17.9 Å². The Kier molecular flexibility index (Phi) is 2.74. The van der Waals surface area contributed by atoms with Crippen molar-refractivity contribution in [2.75, 3.05) is 0 Å². The summed E-state index contributed by atoms with van der Waals surface area (Å²) in [6.45, 7) is 5.76. The fraction of sp³-hybridized carbons (Fsp3) is 0.467. The summed E-state index contributed by atoms with van der Waals surface area (Å²) in [5, 5.41) is 0. The van der Waals surface area contributed by atoms with Crippen LogP contribution in [0.1, 0.15) is 39.0 Å². The zero-order chi connectivity index (χ0) is 14.5. The monoisotopic (exact) mass is 275 g/mol. The Morgan fingerprint density at radius 2 is 2.00 bits per heavy atom. The van der Waals surface area contributed by atoms with Crippen molar-refractivity contribution in [1.82, 2.24) is 4.90 Å². The van der Waals surface area contributed by atoms with Crippen molar-refractivity contribution in [1.29, 1.82) is 0 Å². The van der Waals surface area contributed by atoms with E-state index in [-0.39, 0.29) is 11.9 Å². The van der Waals surface area contributed by atoms with E-state index in [4.69, 9.17) is 9.47 Å². The molecule has 0 saturated carbocycles. The SMILES string of the molecule is CC(C)C[C@@]1(C)C(=O)OC2c3ccccc3OC(=O)N21. The third kappa shape index (κ3) is 1.69. The Bertz CT molecular complexity index is 583. The molecule has 5 nitrogen and oxygen atoms in total. The van der Waals surface area contributed by atoms with Crippen LogP contribution < -0.4 is 4.74 Å². The highest BCUT2D eigenvalue weighted by atomic mass is 16.6. The van der Waals surface area contributed by atoms with Crippen molar-refractivity contribution in [3.8, 4) is 5.75 Å². The molecular formula is C15H17NO4. The number of ether oxygens (including phenoxy) is 2. The number of nitrogens with zero attached hydrogens (tertiary/aromatic N) is 1. The lowest BCUT2D eigenvalue weighted by Gasteiger charge is -2.36. The molecule has 106 valence electrons. The highest BCUT2D eigenvalue weighted by Crippen LogP contribution is 2.46. The minimum absolute atomic E-state index is 0.260. The molecule has 3 rings (SSSR count). The Morgan fingerprint density at radius 3 is 2.70 bits per heavy atom. The first-order chi connectivity index (χ1) is 9.43. The molecule has 1 amide bonds. The molecule has 0 aromatic heterocycles. The molecule has 0 aliphatic carbocycles. The van der Waals surface area contributed by atoms with Crippen molar-refractivity contribution in [3.05, 3.63) is 29.8 Å². The molecule has 0 spiro atoms. The predicted molar refractivity (Wildman–Crippen MR) is 71.0 cm³/mol. The van der Waals surface area contributed by atoms with Crippen LogP contribution in [0.15, 0.2) is 24.3 Å². The molecule has 1 unspecified atom stereocenters. The van der Waals surface area contributed by atoms with Gasteiger partial charge in [0.15, 0.2) is 0 Å². The van der Waals surface area contributed by atoms with E-state index in [1.165, 1.54) is 4.90 Å². The average molecular weight is 275 g/mol. The lowest BCUT2D eigenvalue weighted by Crippen LogP contribution is -2.52. The van der Waals surface area contributed by atoms with E-state index in [1.54, 1.807) is 19.1 Å². The van der Waals surface area contributed by atoms with Gasteiger partial charge in [-0.1, -0.05) is 26.0 Å². The summed E-state index contributed by atoms with van der Waals surface area (Å²) < 4.78 is 10.8. The maximum Gasteiger partial charge on any atom is 0.419 e. The maximum absolute atomic E-state index is 12.3. The first kappa shape index (κ1) is 13.0. The van der Waals surface area contributed by atoms with Gasteiger partial charge in [-0.15, -0.1) is 0 Å². The smallest absolute Gasteiger partial charge is 0.419 e. The third-order valence-electron chi connectivity index (χ3n) is 3.81. The number of benzene rings is 1. The molecule has 2 heterocycles. The fourth-order valence-electron chi connectivity index (χ4n) is 3.04. The number of carbonyl (C=O) groups excluding carboxylic acids is 2. The van der Waals surface area contributed by atoms with Gasteiger partial charge in [-0.3, -0.25) is 4.90 Å². The number of para-hydroxylation sites is 1. The number of carbonyl (C=O) groups is 2. The zero-order valence-corrected chi connectivity index (χ0v) is 11.8. The summed E-state index contributed by atoms with van der Waals surface area (Å²) in [6, 6.07) is 7.14. The summed E-state index contributed by atoms with van der Waals surface area (Å²) in [5.74, 6) is 0.349. The standard InChI is InChI=1S/C15H17NO4/c1-9(2)8-15(3)13(17)20-12-10-6-4-5-7-11(10)19-14(18)16(12)15/h4-7,9,12H,8H2,1-3H3/t12?,15-/m0/s1. The van der Waals surface area contributed by atoms with Gasteiger partial charge in [-0.05, 0) is 31.4 Å². The molecule has 0 N–H and O–H groups in total. The van der Waals surface area contributed by atoms with Crippen molar-refractivity contribution in [3.63, 3.8) is 0 Å². The summed E-state index contributed by atoms with van der Waals surface area (Å²) >= 11 is 0. The zero-order valence-electron chi connectivity index (χ0n) is 11.8. The van der Waals surface area contributed by atoms with E-state index in [0.29, 0.717) is 17.7 Å². The Hall–Kier alpha value is -2.04. The Morgan fingerprint density at radius 1 is 1.30 bits per heavy atom. The molecule has 20 heavy (non-hydrogen) atoms. The quantitative estimate of drug-likeness (QED) is 0.779. The van der Waals surface area contributed by atoms with Gasteiger partial charge >= 0.3 is 12.1 Å². The van der Waals surface area contributed by atoms with Crippen LogP contribution in [0.5, 0.6) is 5.75 Å². The van der Waals surface area contributed by atoms with Gasteiger partial charge in [-0.2, -0.15) is 0 Å². The molecule has 1 aromatic rings. The van der Waals surface area contributed by atoms with E-state index in [2.05, 4.69) is 0 Å². The highest BCUT2D eigenvalue weighted by molar-refractivity contribution is 5.90. The second-order valence-electron chi connectivity index (χ2n) is 5.91. The lowest BCUT2D eigenvalue weighted by atomic mass is 9.89. The van der Waals surface area contributed by atoms with Crippen molar-refractivity contribution < 1.29 is 19.1 Å². The first-order valence-electron chi connectivity index (χ1n) is 6.74. The van der Waals surface area contributed by atoms with Gasteiger partial charge in [-0.25, -0.2) is 9.59 Å². The highest BCUT2D eigenvalue weighted by Gasteiger charge is 2.58. The number of hydrogen-bond donors (Lipinski definition) is 0. The fourth-order valence-corrected chi connectivity index (χ4v) is 3.04. The molecule has 1 saturated heterocycles. The van der Waals surface area contributed by atoms with Gasteiger partial charge in [0.2, 0.25) is 6.23 Å². The van der Waals surface area contributed by atoms with E-state index >= 15 is 0 Å². The van der Waals surface area contributed by atoms with Crippen LogP contribution in [0, 0.1) is 5.92 Å². The minimum atomic E-state index is -0.969.